The SMILES string of the molecule is COCC(O)(CO)c1ccc(C)cc1O.[Ac]. The third-order valence-electron chi connectivity index (χ3n) is 2.30. The maximum atomic E-state index is 10.0. The number of methoxy groups -OCH3 is 1. The number of benzene rings is 1. The van der Waals surface area contributed by atoms with Crippen molar-refractivity contribution in [2.75, 3.05) is 20.3 Å². The molecule has 0 heterocycles. The summed E-state index contributed by atoms with van der Waals surface area (Å²) in [5, 5.41) is 28.8. The molecular weight excluding hydrogens is 423 g/mol. The first-order valence-electron chi connectivity index (χ1n) is 4.66. The van der Waals surface area contributed by atoms with E-state index >= 15 is 0 Å². The van der Waals surface area contributed by atoms with Crippen LogP contribution in [0.5, 0.6) is 5.75 Å². The Labute approximate surface area is 131 Å². The second kappa shape index (κ2) is 6.93. The molecule has 87 valence electrons. The topological polar surface area (TPSA) is 69.9 Å². The molecule has 1 rings (SSSR count). The average Bonchev–Trinajstić information content (AvgIpc) is 2.17. The minimum atomic E-state index is -1.55. The van der Waals surface area contributed by atoms with Crippen LogP contribution in [0, 0.1) is 51.0 Å². The van der Waals surface area contributed by atoms with Crippen molar-refractivity contribution in [2.24, 2.45) is 0 Å². The van der Waals surface area contributed by atoms with Crippen LogP contribution in [0.15, 0.2) is 18.2 Å². The summed E-state index contributed by atoms with van der Waals surface area (Å²) >= 11 is 0. The van der Waals surface area contributed by atoms with Gasteiger partial charge in [-0.15, -0.1) is 0 Å². The summed E-state index contributed by atoms with van der Waals surface area (Å²) in [7, 11) is 1.42. The summed E-state index contributed by atoms with van der Waals surface area (Å²) in [6.45, 7) is 1.26. The second-order valence-corrected chi connectivity index (χ2v) is 3.64. The quantitative estimate of drug-likeness (QED) is 0.641. The molecule has 1 aromatic carbocycles. The smallest absolute Gasteiger partial charge is 0.139 e. The van der Waals surface area contributed by atoms with Gasteiger partial charge in [-0.1, -0.05) is 12.1 Å². The number of aryl methyl sites for hydroxylation is 1. The molecule has 1 atom stereocenters. The molecule has 0 aliphatic heterocycles. The summed E-state index contributed by atoms with van der Waals surface area (Å²) in [5.74, 6) is -0.0383. The Morgan fingerprint density at radius 1 is 1.38 bits per heavy atom. The fraction of sp³-hybridized carbons (Fsp3) is 0.455. The number of rotatable bonds is 4. The van der Waals surface area contributed by atoms with Crippen molar-refractivity contribution in [1.82, 2.24) is 0 Å². The molecule has 1 aromatic rings. The summed E-state index contributed by atoms with van der Waals surface area (Å²) in [4.78, 5) is 0. The molecule has 0 saturated carbocycles. The Morgan fingerprint density at radius 2 is 2.00 bits per heavy atom. The van der Waals surface area contributed by atoms with E-state index in [1.165, 1.54) is 13.2 Å². The van der Waals surface area contributed by atoms with Crippen molar-refractivity contribution in [3.63, 3.8) is 0 Å². The number of hydrogen-bond acceptors (Lipinski definition) is 4. The number of phenolic OH excluding ortho intramolecular Hbond substituents is 1. The molecule has 0 bridgehead atoms. The van der Waals surface area contributed by atoms with Crippen LogP contribution in [0.3, 0.4) is 0 Å². The normalized spacial score (nSPS) is 14.0. The predicted molar refractivity (Wildman–Crippen MR) is 55.7 cm³/mol. The van der Waals surface area contributed by atoms with Gasteiger partial charge >= 0.3 is 0 Å². The molecule has 5 heteroatoms. The first-order chi connectivity index (χ1) is 7.03. The van der Waals surface area contributed by atoms with E-state index in [-0.39, 0.29) is 62.0 Å². The summed E-state index contributed by atoms with van der Waals surface area (Å²) in [6, 6.07) is 4.87. The summed E-state index contributed by atoms with van der Waals surface area (Å²) < 4.78 is 4.82. The minimum Gasteiger partial charge on any atom is -0.508 e. The van der Waals surface area contributed by atoms with Gasteiger partial charge in [0.1, 0.15) is 11.4 Å². The molecule has 16 heavy (non-hydrogen) atoms. The first kappa shape index (κ1) is 16.3. The summed E-state index contributed by atoms with van der Waals surface area (Å²) in [5.41, 5.74) is -0.390. The number of aromatic hydroxyl groups is 1. The van der Waals surface area contributed by atoms with Crippen molar-refractivity contribution in [2.45, 2.75) is 12.5 Å². The van der Waals surface area contributed by atoms with Crippen LogP contribution in [-0.2, 0) is 10.3 Å². The number of ether oxygens (including phenoxy) is 1. The van der Waals surface area contributed by atoms with Gasteiger partial charge in [0.2, 0.25) is 0 Å². The van der Waals surface area contributed by atoms with Gasteiger partial charge in [-0.25, -0.2) is 0 Å². The molecule has 0 fully saturated rings. The van der Waals surface area contributed by atoms with E-state index < -0.39 is 12.2 Å². The number of phenols is 1. The molecule has 4 nitrogen and oxygen atoms in total. The van der Waals surface area contributed by atoms with Crippen molar-refractivity contribution >= 4 is 0 Å². The van der Waals surface area contributed by atoms with Crippen LogP contribution >= 0.6 is 0 Å². The molecule has 0 spiro atoms. The second-order valence-electron chi connectivity index (χ2n) is 3.64. The molecular formula is C11H16AcO4. The van der Waals surface area contributed by atoms with Gasteiger partial charge in [-0.05, 0) is 18.6 Å². The molecule has 0 aliphatic rings. The Morgan fingerprint density at radius 3 is 2.44 bits per heavy atom. The van der Waals surface area contributed by atoms with Gasteiger partial charge in [0.25, 0.3) is 0 Å². The molecule has 0 amide bonds. The monoisotopic (exact) mass is 439 g/mol. The van der Waals surface area contributed by atoms with E-state index in [1.807, 2.05) is 6.92 Å². The molecule has 1 unspecified atom stereocenters. The zero-order valence-electron chi connectivity index (χ0n) is 9.47. The van der Waals surface area contributed by atoms with Crippen LogP contribution in [0.4, 0.5) is 0 Å². The van der Waals surface area contributed by atoms with Gasteiger partial charge < -0.3 is 20.1 Å². The Balaban J connectivity index is 0.00000225. The molecule has 0 aliphatic carbocycles. The van der Waals surface area contributed by atoms with E-state index in [4.69, 9.17) is 9.84 Å². The Hall–Kier alpha value is 0.342. The maximum Gasteiger partial charge on any atom is 0.139 e. The van der Waals surface area contributed by atoms with E-state index in [2.05, 4.69) is 0 Å². The van der Waals surface area contributed by atoms with E-state index in [0.29, 0.717) is 0 Å². The fourth-order valence-electron chi connectivity index (χ4n) is 1.48. The zero-order chi connectivity index (χ0) is 11.5. The third kappa shape index (κ3) is 3.68. The van der Waals surface area contributed by atoms with Crippen molar-refractivity contribution in [3.05, 3.63) is 29.3 Å². The molecule has 3 N–H and O–H groups in total. The summed E-state index contributed by atoms with van der Waals surface area (Å²) in [6.07, 6.45) is 0. The Bertz CT molecular complexity index is 343. The standard InChI is InChI=1S/C11H16O4.Ac/c1-8-3-4-9(10(13)5-8)11(14,6-12)7-15-2;/h3-5,12-14H,6-7H2,1-2H3;. The molecule has 0 aromatic heterocycles. The van der Waals surface area contributed by atoms with Gasteiger partial charge in [-0.2, -0.15) is 0 Å². The zero-order valence-corrected chi connectivity index (χ0v) is 14.2. The van der Waals surface area contributed by atoms with E-state index in [9.17, 15) is 10.2 Å². The average molecular weight is 439 g/mol. The van der Waals surface area contributed by atoms with Crippen molar-refractivity contribution in [1.29, 1.82) is 0 Å². The first-order valence-corrected chi connectivity index (χ1v) is 4.66. The van der Waals surface area contributed by atoms with Gasteiger partial charge in [0.15, 0.2) is 0 Å². The van der Waals surface area contributed by atoms with Crippen molar-refractivity contribution < 1.29 is 64.1 Å². The van der Waals surface area contributed by atoms with Crippen LogP contribution in [0.2, 0.25) is 0 Å². The Kier molecular flexibility index (Phi) is 7.08. The molecule has 0 saturated heterocycles. The van der Waals surface area contributed by atoms with Gasteiger partial charge in [0.05, 0.1) is 13.2 Å². The van der Waals surface area contributed by atoms with E-state index in [1.54, 1.807) is 12.1 Å². The fourth-order valence-corrected chi connectivity index (χ4v) is 1.48. The largest absolute Gasteiger partial charge is 0.508 e. The van der Waals surface area contributed by atoms with Gasteiger partial charge in [0, 0.05) is 56.7 Å². The van der Waals surface area contributed by atoms with Crippen LogP contribution in [0.25, 0.3) is 0 Å². The van der Waals surface area contributed by atoms with Crippen LogP contribution in [-0.4, -0.2) is 35.6 Å². The van der Waals surface area contributed by atoms with Gasteiger partial charge in [-0.3, -0.25) is 0 Å². The predicted octanol–water partition coefficient (Wildman–Crippen LogP) is 0.527. The number of hydrogen-bond donors (Lipinski definition) is 3. The maximum absolute atomic E-state index is 10.0. The third-order valence-corrected chi connectivity index (χ3v) is 2.30. The van der Waals surface area contributed by atoms with E-state index in [0.717, 1.165) is 5.56 Å². The molecule has 1 radical (unpaired) electrons. The van der Waals surface area contributed by atoms with Crippen molar-refractivity contribution in [3.8, 4) is 5.75 Å². The van der Waals surface area contributed by atoms with Crippen LogP contribution in [0.1, 0.15) is 11.1 Å². The minimum absolute atomic E-state index is 0. The number of aliphatic hydroxyl groups is 2. The number of aliphatic hydroxyl groups excluding tert-OH is 1. The van der Waals surface area contributed by atoms with Crippen LogP contribution < -0.4 is 0 Å².